The highest BCUT2D eigenvalue weighted by molar-refractivity contribution is 6.24. The van der Waals surface area contributed by atoms with Gasteiger partial charge < -0.3 is 20.1 Å². The van der Waals surface area contributed by atoms with Gasteiger partial charge in [-0.25, -0.2) is 0 Å². The van der Waals surface area contributed by atoms with Crippen LogP contribution in [-0.4, -0.2) is 104 Å². The molecule has 1 atom stereocenters. The van der Waals surface area contributed by atoms with Gasteiger partial charge in [0.15, 0.2) is 6.61 Å². The topological polar surface area (TPSA) is 146 Å². The summed E-state index contributed by atoms with van der Waals surface area (Å²) in [6.45, 7) is 5.73. The number of rotatable bonds is 10. The van der Waals surface area contributed by atoms with Gasteiger partial charge in [-0.15, -0.1) is 0 Å². The first-order chi connectivity index (χ1) is 17.0. The summed E-state index contributed by atoms with van der Waals surface area (Å²) in [5, 5.41) is 8.14. The van der Waals surface area contributed by atoms with Crippen LogP contribution in [0.3, 0.4) is 0 Å². The van der Waals surface area contributed by atoms with Crippen LogP contribution in [0.2, 0.25) is 0 Å². The monoisotopic (exact) mass is 487 g/mol. The van der Waals surface area contributed by atoms with Crippen molar-refractivity contribution in [1.82, 2.24) is 25.8 Å². The summed E-state index contributed by atoms with van der Waals surface area (Å²) < 4.78 is 11.1. The van der Waals surface area contributed by atoms with Crippen molar-refractivity contribution in [1.29, 1.82) is 0 Å². The van der Waals surface area contributed by atoms with Crippen LogP contribution in [0, 0.1) is 0 Å². The molecule has 3 aliphatic rings. The third-order valence-corrected chi connectivity index (χ3v) is 6.12. The minimum absolute atomic E-state index is 0.00578. The average molecular weight is 488 g/mol. The number of nitrogens with zero attached hydrogens (tertiary/aromatic N) is 2. The third kappa shape index (κ3) is 5.84. The van der Waals surface area contributed by atoms with E-state index < -0.39 is 35.6 Å². The molecule has 35 heavy (non-hydrogen) atoms. The number of nitrogens with one attached hydrogen (secondary N) is 3. The minimum Gasteiger partial charge on any atom is -0.483 e. The normalized spacial score (nSPS) is 20.6. The third-order valence-electron chi connectivity index (χ3n) is 6.12. The highest BCUT2D eigenvalue weighted by Crippen LogP contribution is 2.33. The van der Waals surface area contributed by atoms with Crippen molar-refractivity contribution in [2.75, 3.05) is 59.1 Å². The first kappa shape index (κ1) is 24.8. The van der Waals surface area contributed by atoms with Crippen molar-refractivity contribution >= 4 is 29.5 Å². The molecule has 1 aromatic carbocycles. The molecule has 0 aromatic heterocycles. The number of carbonyl (C=O) groups excluding carboxylic acids is 5. The molecule has 188 valence electrons. The van der Waals surface area contributed by atoms with Crippen molar-refractivity contribution in [3.05, 3.63) is 29.3 Å². The fraction of sp³-hybridized carbons (Fsp3) is 0.522. The van der Waals surface area contributed by atoms with E-state index in [1.807, 2.05) is 0 Å². The average Bonchev–Trinajstić information content (AvgIpc) is 3.11. The lowest BCUT2D eigenvalue weighted by atomic mass is 10.0. The van der Waals surface area contributed by atoms with Gasteiger partial charge in [-0.1, -0.05) is 6.07 Å². The smallest absolute Gasteiger partial charge is 0.266 e. The summed E-state index contributed by atoms with van der Waals surface area (Å²) in [6, 6.07) is 3.43. The van der Waals surface area contributed by atoms with Crippen molar-refractivity contribution in [2.45, 2.75) is 18.9 Å². The molecule has 1 aromatic rings. The molecule has 2 saturated heterocycles. The highest BCUT2D eigenvalue weighted by Gasteiger charge is 2.46. The van der Waals surface area contributed by atoms with Gasteiger partial charge in [0.05, 0.1) is 24.3 Å². The highest BCUT2D eigenvalue weighted by atomic mass is 16.5. The second-order valence-corrected chi connectivity index (χ2v) is 8.47. The van der Waals surface area contributed by atoms with Crippen molar-refractivity contribution in [2.24, 2.45) is 0 Å². The van der Waals surface area contributed by atoms with Crippen molar-refractivity contribution < 1.29 is 33.4 Å². The molecule has 3 aliphatic heterocycles. The Morgan fingerprint density at radius 3 is 2.66 bits per heavy atom. The molecule has 12 heteroatoms. The molecule has 0 spiro atoms. The molecule has 2 fully saturated rings. The molecule has 3 heterocycles. The van der Waals surface area contributed by atoms with Gasteiger partial charge in [-0.2, -0.15) is 0 Å². The summed E-state index contributed by atoms with van der Waals surface area (Å²) in [6.07, 6.45) is 0.0961. The van der Waals surface area contributed by atoms with E-state index in [2.05, 4.69) is 20.9 Å². The number of hydrogen-bond acceptors (Lipinski definition) is 9. The Labute approximate surface area is 202 Å². The van der Waals surface area contributed by atoms with Gasteiger partial charge in [0, 0.05) is 45.7 Å². The predicted octanol–water partition coefficient (Wildman–Crippen LogP) is -1.50. The molecule has 0 saturated carbocycles. The van der Waals surface area contributed by atoms with E-state index in [4.69, 9.17) is 9.47 Å². The minimum atomic E-state index is -1.07. The Kier molecular flexibility index (Phi) is 8.06. The molecule has 0 radical (unpaired) electrons. The quantitative estimate of drug-likeness (QED) is 0.265. The fourth-order valence-electron chi connectivity index (χ4n) is 4.29. The zero-order chi connectivity index (χ0) is 24.8. The van der Waals surface area contributed by atoms with Crippen LogP contribution in [0.15, 0.2) is 18.2 Å². The summed E-state index contributed by atoms with van der Waals surface area (Å²) >= 11 is 0. The Balaban J connectivity index is 1.24. The number of piperidine rings is 1. The SMILES string of the molecule is O=C(COc1cccc2c1C(=O)N(C1CCC(=O)NC1=O)C2=O)NCCOCCN1CCNCC1. The number of amides is 5. The first-order valence-electron chi connectivity index (χ1n) is 11.7. The number of ether oxygens (including phenoxy) is 2. The van der Waals surface area contributed by atoms with E-state index in [-0.39, 0.29) is 36.3 Å². The molecule has 3 N–H and O–H groups in total. The van der Waals surface area contributed by atoms with Crippen LogP contribution in [0.25, 0.3) is 0 Å². The van der Waals surface area contributed by atoms with E-state index in [1.165, 1.54) is 18.2 Å². The van der Waals surface area contributed by atoms with Crippen LogP contribution >= 0.6 is 0 Å². The number of fused-ring (bicyclic) bond motifs is 1. The summed E-state index contributed by atoms with van der Waals surface area (Å²) in [7, 11) is 0. The molecule has 0 bridgehead atoms. The van der Waals surface area contributed by atoms with E-state index >= 15 is 0 Å². The molecular weight excluding hydrogens is 458 g/mol. The molecule has 5 amide bonds. The standard InChI is InChI=1S/C23H29N5O7/c29-18-5-4-16(21(31)26-18)28-22(32)15-2-1-3-17(20(15)23(28)33)35-14-19(30)25-8-12-34-13-11-27-9-6-24-7-10-27/h1-3,16,24H,4-14H2,(H,25,30)(H,26,29,31). The number of imide groups is 2. The molecule has 0 aliphatic carbocycles. The number of benzene rings is 1. The van der Waals surface area contributed by atoms with Crippen LogP contribution < -0.4 is 20.7 Å². The molecule has 12 nitrogen and oxygen atoms in total. The van der Waals surface area contributed by atoms with Crippen LogP contribution in [-0.2, 0) is 19.1 Å². The molecule has 4 rings (SSSR count). The number of carbonyl (C=O) groups is 5. The van der Waals surface area contributed by atoms with Gasteiger partial charge in [-0.05, 0) is 18.6 Å². The van der Waals surface area contributed by atoms with Gasteiger partial charge in [0.25, 0.3) is 17.7 Å². The van der Waals surface area contributed by atoms with Gasteiger partial charge >= 0.3 is 0 Å². The Morgan fingerprint density at radius 1 is 1.09 bits per heavy atom. The number of hydrogen-bond donors (Lipinski definition) is 3. The van der Waals surface area contributed by atoms with Crippen LogP contribution in [0.1, 0.15) is 33.6 Å². The van der Waals surface area contributed by atoms with E-state index in [1.54, 1.807) is 0 Å². The van der Waals surface area contributed by atoms with Crippen LogP contribution in [0.4, 0.5) is 0 Å². The maximum Gasteiger partial charge on any atom is 0.266 e. The van der Waals surface area contributed by atoms with E-state index in [0.29, 0.717) is 19.8 Å². The van der Waals surface area contributed by atoms with Gasteiger partial charge in [-0.3, -0.25) is 39.1 Å². The first-order valence-corrected chi connectivity index (χ1v) is 11.7. The predicted molar refractivity (Wildman–Crippen MR) is 122 cm³/mol. The lowest BCUT2D eigenvalue weighted by molar-refractivity contribution is -0.136. The van der Waals surface area contributed by atoms with Crippen molar-refractivity contribution in [3.63, 3.8) is 0 Å². The lowest BCUT2D eigenvalue weighted by Gasteiger charge is -2.27. The van der Waals surface area contributed by atoms with Gasteiger partial charge in [0.2, 0.25) is 11.8 Å². The fourth-order valence-corrected chi connectivity index (χ4v) is 4.29. The van der Waals surface area contributed by atoms with Gasteiger partial charge in [0.1, 0.15) is 11.8 Å². The van der Waals surface area contributed by atoms with Crippen LogP contribution in [0.5, 0.6) is 5.75 Å². The van der Waals surface area contributed by atoms with E-state index in [0.717, 1.165) is 37.6 Å². The second-order valence-electron chi connectivity index (χ2n) is 8.47. The summed E-state index contributed by atoms with van der Waals surface area (Å²) in [5.41, 5.74) is 0.0988. The second kappa shape index (κ2) is 11.4. The largest absolute Gasteiger partial charge is 0.483 e. The zero-order valence-corrected chi connectivity index (χ0v) is 19.3. The number of piperazine rings is 1. The lowest BCUT2D eigenvalue weighted by Crippen LogP contribution is -2.54. The Morgan fingerprint density at radius 2 is 1.89 bits per heavy atom. The Hall–Kier alpha value is -3.35. The van der Waals surface area contributed by atoms with E-state index in [9.17, 15) is 24.0 Å². The Bertz CT molecular complexity index is 1010. The maximum absolute atomic E-state index is 13.0. The zero-order valence-electron chi connectivity index (χ0n) is 19.3. The summed E-state index contributed by atoms with van der Waals surface area (Å²) in [4.78, 5) is 64.8. The maximum atomic E-state index is 13.0. The van der Waals surface area contributed by atoms with Crippen molar-refractivity contribution in [3.8, 4) is 5.75 Å². The molecular formula is C23H29N5O7. The molecule has 1 unspecified atom stereocenters. The summed E-state index contributed by atoms with van der Waals surface area (Å²) in [5.74, 6) is -2.76.